The normalized spacial score (nSPS) is 24.4. The molecule has 0 aromatic heterocycles. The van der Waals surface area contributed by atoms with Crippen molar-refractivity contribution in [3.05, 3.63) is 24.3 Å². The number of benzene rings is 1. The fourth-order valence-electron chi connectivity index (χ4n) is 1.64. The van der Waals surface area contributed by atoms with E-state index in [4.69, 9.17) is 9.47 Å². The van der Waals surface area contributed by atoms with Crippen LogP contribution in [0.2, 0.25) is 0 Å². The average molecular weight is 238 g/mol. The molecular formula is C12H14O3S. The number of methoxy groups -OCH3 is 1. The number of esters is 1. The molecule has 86 valence electrons. The smallest absolute Gasteiger partial charge is 0.313 e. The summed E-state index contributed by atoms with van der Waals surface area (Å²) in [5, 5.41) is 0. The molecule has 0 radical (unpaired) electrons. The van der Waals surface area contributed by atoms with Gasteiger partial charge in [0.1, 0.15) is 11.7 Å². The van der Waals surface area contributed by atoms with E-state index in [2.05, 4.69) is 0 Å². The second kappa shape index (κ2) is 4.01. The predicted octanol–water partition coefficient (Wildman–Crippen LogP) is 2.70. The zero-order valence-electron chi connectivity index (χ0n) is 9.52. The largest absolute Gasteiger partial charge is 0.474 e. The molecule has 0 fully saturated rings. The number of thioether (sulfide) groups is 1. The molecule has 0 amide bonds. The molecule has 2 rings (SSSR count). The third-order valence-electron chi connectivity index (χ3n) is 2.82. The van der Waals surface area contributed by atoms with E-state index in [-0.39, 0.29) is 11.9 Å². The summed E-state index contributed by atoms with van der Waals surface area (Å²) in [4.78, 5) is 12.0. The van der Waals surface area contributed by atoms with Crippen LogP contribution in [-0.2, 0) is 9.53 Å². The van der Waals surface area contributed by atoms with Crippen molar-refractivity contribution in [3.63, 3.8) is 0 Å². The molecular weight excluding hydrogens is 224 g/mol. The minimum atomic E-state index is -0.573. The van der Waals surface area contributed by atoms with Crippen LogP contribution in [0.15, 0.2) is 29.2 Å². The number of fused-ring (bicyclic) bond motifs is 1. The fraction of sp³-hybridized carbons (Fsp3) is 0.417. The minimum Gasteiger partial charge on any atom is -0.474 e. The SMILES string of the molecule is COC(=O)C(C)C1(C)Oc2ccccc2S1. The first-order chi connectivity index (χ1) is 7.57. The molecule has 2 atom stereocenters. The Labute approximate surface area is 99.1 Å². The van der Waals surface area contributed by atoms with Crippen molar-refractivity contribution in [1.82, 2.24) is 0 Å². The second-order valence-corrected chi connectivity index (χ2v) is 5.37. The Bertz CT molecular complexity index is 391. The van der Waals surface area contributed by atoms with Crippen LogP contribution in [-0.4, -0.2) is 18.0 Å². The van der Waals surface area contributed by atoms with Crippen molar-refractivity contribution >= 4 is 17.7 Å². The second-order valence-electron chi connectivity index (χ2n) is 3.91. The molecule has 16 heavy (non-hydrogen) atoms. The molecule has 4 heteroatoms. The van der Waals surface area contributed by atoms with Crippen LogP contribution in [0.4, 0.5) is 0 Å². The number of ether oxygens (including phenoxy) is 2. The lowest BCUT2D eigenvalue weighted by atomic mass is 10.1. The van der Waals surface area contributed by atoms with Crippen molar-refractivity contribution in [2.24, 2.45) is 5.92 Å². The van der Waals surface area contributed by atoms with Crippen LogP contribution in [0.1, 0.15) is 13.8 Å². The number of carbonyl (C=O) groups excluding carboxylic acids is 1. The van der Waals surface area contributed by atoms with Gasteiger partial charge in [0, 0.05) is 0 Å². The monoisotopic (exact) mass is 238 g/mol. The van der Waals surface area contributed by atoms with Crippen molar-refractivity contribution in [2.75, 3.05) is 7.11 Å². The zero-order chi connectivity index (χ0) is 11.8. The zero-order valence-corrected chi connectivity index (χ0v) is 10.3. The van der Waals surface area contributed by atoms with Gasteiger partial charge in [-0.15, -0.1) is 0 Å². The summed E-state index contributed by atoms with van der Waals surface area (Å²) in [7, 11) is 1.40. The summed E-state index contributed by atoms with van der Waals surface area (Å²) in [6.07, 6.45) is 0. The Balaban J connectivity index is 2.23. The van der Waals surface area contributed by atoms with Gasteiger partial charge >= 0.3 is 5.97 Å². The minimum absolute atomic E-state index is 0.247. The van der Waals surface area contributed by atoms with E-state index >= 15 is 0 Å². The first kappa shape index (κ1) is 11.3. The van der Waals surface area contributed by atoms with Gasteiger partial charge in [0.05, 0.1) is 12.0 Å². The molecule has 1 aromatic carbocycles. The number of carbonyl (C=O) groups is 1. The highest BCUT2D eigenvalue weighted by molar-refractivity contribution is 8.00. The highest BCUT2D eigenvalue weighted by atomic mass is 32.2. The van der Waals surface area contributed by atoms with E-state index in [1.807, 2.05) is 38.1 Å². The van der Waals surface area contributed by atoms with E-state index in [0.29, 0.717) is 0 Å². The molecule has 0 bridgehead atoms. The Hall–Kier alpha value is -1.16. The molecule has 1 aliphatic heterocycles. The van der Waals surface area contributed by atoms with Crippen LogP contribution >= 0.6 is 11.8 Å². The van der Waals surface area contributed by atoms with Crippen molar-refractivity contribution in [1.29, 1.82) is 0 Å². The highest BCUT2D eigenvalue weighted by Crippen LogP contribution is 2.50. The highest BCUT2D eigenvalue weighted by Gasteiger charge is 2.44. The topological polar surface area (TPSA) is 35.5 Å². The van der Waals surface area contributed by atoms with Gasteiger partial charge in [-0.1, -0.05) is 23.9 Å². The van der Waals surface area contributed by atoms with Crippen molar-refractivity contribution in [3.8, 4) is 5.75 Å². The Morgan fingerprint density at radius 1 is 1.50 bits per heavy atom. The summed E-state index contributed by atoms with van der Waals surface area (Å²) in [6, 6.07) is 7.80. The Morgan fingerprint density at radius 2 is 2.19 bits per heavy atom. The third-order valence-corrected chi connectivity index (χ3v) is 4.22. The molecule has 1 aliphatic rings. The quantitative estimate of drug-likeness (QED) is 0.742. The van der Waals surface area contributed by atoms with E-state index in [1.54, 1.807) is 11.8 Å². The number of para-hydroxylation sites is 1. The lowest BCUT2D eigenvalue weighted by Gasteiger charge is -2.27. The van der Waals surface area contributed by atoms with Crippen LogP contribution in [0.25, 0.3) is 0 Å². The van der Waals surface area contributed by atoms with E-state index < -0.39 is 4.93 Å². The van der Waals surface area contributed by atoms with Crippen molar-refractivity contribution < 1.29 is 14.3 Å². The lowest BCUT2D eigenvalue weighted by Crippen LogP contribution is -2.38. The van der Waals surface area contributed by atoms with Gasteiger partial charge in [-0.05, 0) is 26.0 Å². The molecule has 0 saturated heterocycles. The summed E-state index contributed by atoms with van der Waals surface area (Å²) in [5.74, 6) is 0.281. The van der Waals surface area contributed by atoms with Crippen LogP contribution in [0, 0.1) is 5.92 Å². The Kier molecular flexibility index (Phi) is 2.84. The maximum Gasteiger partial charge on any atom is 0.313 e. The first-order valence-electron chi connectivity index (χ1n) is 5.12. The van der Waals surface area contributed by atoms with Gasteiger partial charge in [0.15, 0.2) is 4.93 Å². The molecule has 2 unspecified atom stereocenters. The standard InChI is InChI=1S/C12H14O3S/c1-8(11(13)14-3)12(2)15-9-6-4-5-7-10(9)16-12/h4-8H,1-3H3. The molecule has 3 nitrogen and oxygen atoms in total. The molecule has 0 spiro atoms. The maximum absolute atomic E-state index is 11.5. The fourth-order valence-corrected chi connectivity index (χ4v) is 2.84. The number of hydrogen-bond acceptors (Lipinski definition) is 4. The first-order valence-corrected chi connectivity index (χ1v) is 5.93. The summed E-state index contributed by atoms with van der Waals surface area (Å²) in [6.45, 7) is 3.74. The van der Waals surface area contributed by atoms with Crippen molar-refractivity contribution in [2.45, 2.75) is 23.7 Å². The van der Waals surface area contributed by atoms with E-state index in [1.165, 1.54) is 7.11 Å². The number of hydrogen-bond donors (Lipinski definition) is 0. The molecule has 0 N–H and O–H groups in total. The maximum atomic E-state index is 11.5. The van der Waals surface area contributed by atoms with Crippen LogP contribution in [0.3, 0.4) is 0 Å². The van der Waals surface area contributed by atoms with Gasteiger partial charge < -0.3 is 9.47 Å². The Morgan fingerprint density at radius 3 is 2.81 bits per heavy atom. The van der Waals surface area contributed by atoms with E-state index in [0.717, 1.165) is 10.6 Å². The van der Waals surface area contributed by atoms with Crippen LogP contribution < -0.4 is 4.74 Å². The number of rotatable bonds is 2. The summed E-state index contributed by atoms with van der Waals surface area (Å²) < 4.78 is 10.6. The summed E-state index contributed by atoms with van der Waals surface area (Å²) in [5.41, 5.74) is 0. The van der Waals surface area contributed by atoms with Gasteiger partial charge in [-0.3, -0.25) is 4.79 Å². The average Bonchev–Trinajstić information content (AvgIpc) is 2.64. The van der Waals surface area contributed by atoms with E-state index in [9.17, 15) is 4.79 Å². The van der Waals surface area contributed by atoms with Gasteiger partial charge in [-0.25, -0.2) is 0 Å². The molecule has 1 aromatic rings. The van der Waals surface area contributed by atoms with Gasteiger partial charge in [0.2, 0.25) is 0 Å². The third kappa shape index (κ3) is 1.78. The molecule has 1 heterocycles. The van der Waals surface area contributed by atoms with Gasteiger partial charge in [0.25, 0.3) is 0 Å². The summed E-state index contributed by atoms with van der Waals surface area (Å²) >= 11 is 1.57. The molecule has 0 aliphatic carbocycles. The van der Waals surface area contributed by atoms with Gasteiger partial charge in [-0.2, -0.15) is 0 Å². The predicted molar refractivity (Wildman–Crippen MR) is 62.5 cm³/mol. The lowest BCUT2D eigenvalue weighted by molar-refractivity contribution is -0.148. The van der Waals surface area contributed by atoms with Crippen LogP contribution in [0.5, 0.6) is 5.75 Å². The molecule has 0 saturated carbocycles.